The molecular weight excluding hydrogens is 558 g/mol. The van der Waals surface area contributed by atoms with Crippen LogP contribution in [0.15, 0.2) is 96.4 Å². The molecule has 1 aromatic heterocycles. The first-order chi connectivity index (χ1) is 21.2. The Bertz CT molecular complexity index is 1790. The number of aryl methyl sites for hydroxylation is 1. The van der Waals surface area contributed by atoms with Gasteiger partial charge in [0.2, 0.25) is 5.91 Å². The number of nitrogens with one attached hydrogen (secondary N) is 3. The number of carbonyl (C=O) groups excluding carboxylic acids is 3. The van der Waals surface area contributed by atoms with Crippen LogP contribution in [0.3, 0.4) is 0 Å². The van der Waals surface area contributed by atoms with E-state index in [-0.39, 0.29) is 23.1 Å². The molecule has 0 unspecified atom stereocenters. The van der Waals surface area contributed by atoms with Crippen molar-refractivity contribution in [1.82, 2.24) is 9.47 Å². The van der Waals surface area contributed by atoms with Crippen molar-refractivity contribution in [2.24, 2.45) is 7.05 Å². The summed E-state index contributed by atoms with van der Waals surface area (Å²) in [5.74, 6) is -0.916. The van der Waals surface area contributed by atoms with Crippen molar-refractivity contribution >= 4 is 40.5 Å². The fourth-order valence-electron chi connectivity index (χ4n) is 5.00. The summed E-state index contributed by atoms with van der Waals surface area (Å²) < 4.78 is 6.83. The number of amides is 3. The quantitative estimate of drug-likeness (QED) is 0.249. The smallest absolute Gasteiger partial charge is 0.274 e. The second-order valence-electron chi connectivity index (χ2n) is 10.3. The fourth-order valence-corrected chi connectivity index (χ4v) is 5.00. The summed E-state index contributed by atoms with van der Waals surface area (Å²) >= 11 is 0. The molecule has 3 amide bonds. The molecule has 44 heavy (non-hydrogen) atoms. The maximum absolute atomic E-state index is 13.3. The van der Waals surface area contributed by atoms with Crippen LogP contribution in [0.2, 0.25) is 0 Å². The molecule has 1 saturated heterocycles. The van der Waals surface area contributed by atoms with E-state index in [1.165, 1.54) is 4.57 Å². The number of ether oxygens (including phenoxy) is 1. The van der Waals surface area contributed by atoms with Gasteiger partial charge in [-0.1, -0.05) is 36.9 Å². The number of aromatic nitrogens is 1. The molecule has 0 aliphatic carbocycles. The third-order valence-corrected chi connectivity index (χ3v) is 7.38. The minimum absolute atomic E-state index is 0.219. The van der Waals surface area contributed by atoms with Gasteiger partial charge in [-0.2, -0.15) is 0 Å². The van der Waals surface area contributed by atoms with E-state index in [0.29, 0.717) is 54.5 Å². The predicted molar refractivity (Wildman–Crippen MR) is 172 cm³/mol. The zero-order valence-electron chi connectivity index (χ0n) is 24.6. The summed E-state index contributed by atoms with van der Waals surface area (Å²) in [7, 11) is 1.66. The van der Waals surface area contributed by atoms with E-state index in [2.05, 4.69) is 22.5 Å². The first kappa shape index (κ1) is 30.0. The molecule has 0 bridgehead atoms. The topological polar surface area (TPSA) is 122 Å². The Kier molecular flexibility index (Phi) is 9.01. The molecule has 10 heteroatoms. The van der Waals surface area contributed by atoms with E-state index in [1.807, 2.05) is 43.3 Å². The summed E-state index contributed by atoms with van der Waals surface area (Å²) in [4.78, 5) is 53.2. The van der Waals surface area contributed by atoms with Crippen molar-refractivity contribution in [1.29, 1.82) is 0 Å². The molecule has 1 aliphatic heterocycles. The molecular formula is C34H33N5O5. The zero-order chi connectivity index (χ0) is 31.2. The molecule has 0 atom stereocenters. The van der Waals surface area contributed by atoms with Gasteiger partial charge in [-0.15, -0.1) is 0 Å². The minimum Gasteiger partial charge on any atom is -0.378 e. The lowest BCUT2D eigenvalue weighted by atomic mass is 9.99. The maximum atomic E-state index is 13.3. The fraction of sp³-hybridized carbons (Fsp3) is 0.176. The number of morpholine rings is 1. The minimum atomic E-state index is -0.467. The number of carbonyl (C=O) groups is 3. The third-order valence-electron chi connectivity index (χ3n) is 7.38. The number of anilines is 4. The number of hydrogen-bond donors (Lipinski definition) is 3. The Balaban J connectivity index is 1.46. The highest BCUT2D eigenvalue weighted by Crippen LogP contribution is 2.31. The molecule has 3 N–H and O–H groups in total. The summed E-state index contributed by atoms with van der Waals surface area (Å²) in [5, 5.41) is 8.86. The van der Waals surface area contributed by atoms with Crippen LogP contribution in [0.1, 0.15) is 26.3 Å². The van der Waals surface area contributed by atoms with Crippen molar-refractivity contribution in [3.8, 4) is 11.1 Å². The molecule has 0 spiro atoms. The SMILES string of the molecule is C=CC(=O)Nc1cc(Nc2cc(-c3cccc(NC(=O)c4ccccc4)c3C)cn(C)c2=O)ccc1C(=O)N1CCOCC1. The van der Waals surface area contributed by atoms with Gasteiger partial charge in [0.05, 0.1) is 24.5 Å². The molecule has 5 rings (SSSR count). The van der Waals surface area contributed by atoms with Crippen molar-refractivity contribution < 1.29 is 19.1 Å². The van der Waals surface area contributed by atoms with E-state index >= 15 is 0 Å². The highest BCUT2D eigenvalue weighted by atomic mass is 16.5. The van der Waals surface area contributed by atoms with Gasteiger partial charge in [0, 0.05) is 48.8 Å². The Hall–Kier alpha value is -5.48. The van der Waals surface area contributed by atoms with E-state index in [4.69, 9.17) is 4.74 Å². The molecule has 3 aromatic carbocycles. The predicted octanol–water partition coefficient (Wildman–Crippen LogP) is 4.95. The summed E-state index contributed by atoms with van der Waals surface area (Å²) in [6.07, 6.45) is 2.86. The van der Waals surface area contributed by atoms with Crippen molar-refractivity contribution in [3.05, 3.63) is 119 Å². The van der Waals surface area contributed by atoms with Crippen LogP contribution < -0.4 is 21.5 Å². The molecule has 224 valence electrons. The average molecular weight is 592 g/mol. The number of rotatable bonds is 8. The van der Waals surface area contributed by atoms with Crippen molar-refractivity contribution in [2.75, 3.05) is 42.3 Å². The lowest BCUT2D eigenvalue weighted by Gasteiger charge is -2.27. The monoisotopic (exact) mass is 591 g/mol. The van der Waals surface area contributed by atoms with E-state index in [0.717, 1.165) is 22.8 Å². The number of hydrogen-bond acceptors (Lipinski definition) is 6. The Morgan fingerprint density at radius 1 is 0.886 bits per heavy atom. The number of benzene rings is 3. The summed E-state index contributed by atoms with van der Waals surface area (Å²) in [6.45, 7) is 7.21. The van der Waals surface area contributed by atoms with Crippen LogP contribution in [-0.2, 0) is 16.6 Å². The second kappa shape index (κ2) is 13.2. The molecule has 0 radical (unpaired) electrons. The van der Waals surface area contributed by atoms with Gasteiger partial charge in [0.1, 0.15) is 5.69 Å². The van der Waals surface area contributed by atoms with Gasteiger partial charge >= 0.3 is 0 Å². The second-order valence-corrected chi connectivity index (χ2v) is 10.3. The van der Waals surface area contributed by atoms with Crippen LogP contribution in [-0.4, -0.2) is 53.5 Å². The molecule has 10 nitrogen and oxygen atoms in total. The van der Waals surface area contributed by atoms with Gasteiger partial charge in [0.15, 0.2) is 0 Å². The normalized spacial score (nSPS) is 12.7. The van der Waals surface area contributed by atoms with Crippen LogP contribution in [0.5, 0.6) is 0 Å². The third kappa shape index (κ3) is 6.61. The van der Waals surface area contributed by atoms with Crippen LogP contribution in [0.4, 0.5) is 22.7 Å². The lowest BCUT2D eigenvalue weighted by molar-refractivity contribution is -0.111. The summed E-state index contributed by atoms with van der Waals surface area (Å²) in [6, 6.07) is 21.2. The standard InChI is InChI=1S/C34H33N5O5/c1-4-31(40)36-29-20-25(13-14-27(29)33(42)39-15-17-44-18-16-39)35-30-19-24(21-38(3)34(30)43)26-11-8-12-28(22(26)2)37-32(41)23-9-6-5-7-10-23/h4-14,19-21,35H,1,15-18H2,2-3H3,(H,36,40)(H,37,41). The van der Waals surface area contributed by atoms with E-state index < -0.39 is 5.91 Å². The van der Waals surface area contributed by atoms with Gasteiger partial charge in [-0.05, 0) is 66.6 Å². The first-order valence-corrected chi connectivity index (χ1v) is 14.1. The van der Waals surface area contributed by atoms with Crippen molar-refractivity contribution in [2.45, 2.75) is 6.92 Å². The highest BCUT2D eigenvalue weighted by molar-refractivity contribution is 6.07. The number of pyridine rings is 1. The molecule has 1 aliphatic rings. The largest absolute Gasteiger partial charge is 0.378 e. The van der Waals surface area contributed by atoms with Gasteiger partial charge in [-0.3, -0.25) is 19.2 Å². The van der Waals surface area contributed by atoms with Gasteiger partial charge in [-0.25, -0.2) is 0 Å². The summed E-state index contributed by atoms with van der Waals surface area (Å²) in [5.41, 5.74) is 4.75. The first-order valence-electron chi connectivity index (χ1n) is 14.1. The van der Waals surface area contributed by atoms with Gasteiger partial charge < -0.3 is 30.2 Å². The lowest BCUT2D eigenvalue weighted by Crippen LogP contribution is -2.41. The Morgan fingerprint density at radius 2 is 1.64 bits per heavy atom. The molecule has 0 saturated carbocycles. The zero-order valence-corrected chi connectivity index (χ0v) is 24.6. The Morgan fingerprint density at radius 3 is 2.36 bits per heavy atom. The maximum Gasteiger partial charge on any atom is 0.274 e. The van der Waals surface area contributed by atoms with Crippen LogP contribution in [0.25, 0.3) is 11.1 Å². The van der Waals surface area contributed by atoms with Crippen molar-refractivity contribution in [3.63, 3.8) is 0 Å². The van der Waals surface area contributed by atoms with Crippen LogP contribution >= 0.6 is 0 Å². The average Bonchev–Trinajstić information content (AvgIpc) is 3.04. The van der Waals surface area contributed by atoms with E-state index in [1.54, 1.807) is 54.5 Å². The van der Waals surface area contributed by atoms with Gasteiger partial charge in [0.25, 0.3) is 17.4 Å². The highest BCUT2D eigenvalue weighted by Gasteiger charge is 2.22. The molecule has 4 aromatic rings. The van der Waals surface area contributed by atoms with Crippen LogP contribution in [0, 0.1) is 6.92 Å². The number of nitrogens with zero attached hydrogens (tertiary/aromatic N) is 2. The van der Waals surface area contributed by atoms with E-state index in [9.17, 15) is 19.2 Å². The molecule has 1 fully saturated rings. The Labute approximate surface area is 255 Å². The molecule has 2 heterocycles.